The highest BCUT2D eigenvalue weighted by Crippen LogP contribution is 2.36. The van der Waals surface area contributed by atoms with Crippen molar-refractivity contribution >= 4 is 23.0 Å². The van der Waals surface area contributed by atoms with Crippen LogP contribution >= 0.6 is 11.3 Å². The molecular formula is C11H15NO2S. The first-order valence-electron chi connectivity index (χ1n) is 5.31. The maximum absolute atomic E-state index is 11.6. The maximum Gasteiger partial charge on any atom is 0.350 e. The van der Waals surface area contributed by atoms with Crippen molar-refractivity contribution in [1.82, 2.24) is 0 Å². The first kappa shape index (κ1) is 10.5. The molecule has 4 heteroatoms. The molecule has 0 amide bonds. The third kappa shape index (κ3) is 1.86. The summed E-state index contributed by atoms with van der Waals surface area (Å²) in [6.07, 6.45) is 4.45. The summed E-state index contributed by atoms with van der Waals surface area (Å²) >= 11 is 1.51. The Bertz CT molecular complexity index is 384. The fourth-order valence-electron chi connectivity index (χ4n) is 1.94. The van der Waals surface area contributed by atoms with E-state index in [2.05, 4.69) is 0 Å². The number of carbonyl (C=O) groups is 1. The molecule has 0 radical (unpaired) electrons. The molecule has 2 rings (SSSR count). The van der Waals surface area contributed by atoms with Gasteiger partial charge in [0.2, 0.25) is 0 Å². The van der Waals surface area contributed by atoms with Crippen molar-refractivity contribution in [2.75, 3.05) is 12.3 Å². The Kier molecular flexibility index (Phi) is 2.95. The summed E-state index contributed by atoms with van der Waals surface area (Å²) in [6.45, 7) is 2.21. The van der Waals surface area contributed by atoms with Crippen LogP contribution in [0.3, 0.4) is 0 Å². The average molecular weight is 225 g/mol. The van der Waals surface area contributed by atoms with Crippen LogP contribution in [0.2, 0.25) is 0 Å². The smallest absolute Gasteiger partial charge is 0.350 e. The van der Waals surface area contributed by atoms with Crippen molar-refractivity contribution in [2.24, 2.45) is 0 Å². The molecular weight excluding hydrogens is 210 g/mol. The molecule has 0 saturated carbocycles. The Labute approximate surface area is 93.2 Å². The number of aryl methyl sites for hydroxylation is 1. The SMILES string of the molecule is CCOC(=O)c1sc2c(c1N)CCCC2. The summed E-state index contributed by atoms with van der Waals surface area (Å²) in [5.74, 6) is -0.269. The zero-order chi connectivity index (χ0) is 10.8. The van der Waals surface area contributed by atoms with Crippen molar-refractivity contribution in [3.05, 3.63) is 15.3 Å². The zero-order valence-corrected chi connectivity index (χ0v) is 9.65. The second-order valence-electron chi connectivity index (χ2n) is 3.67. The highest BCUT2D eigenvalue weighted by Gasteiger charge is 2.23. The Morgan fingerprint density at radius 2 is 2.20 bits per heavy atom. The number of rotatable bonds is 2. The van der Waals surface area contributed by atoms with E-state index in [0.717, 1.165) is 12.8 Å². The molecule has 1 heterocycles. The molecule has 1 aliphatic carbocycles. The Hall–Kier alpha value is -1.03. The van der Waals surface area contributed by atoms with Gasteiger partial charge in [-0.1, -0.05) is 0 Å². The van der Waals surface area contributed by atoms with Crippen molar-refractivity contribution in [3.8, 4) is 0 Å². The van der Waals surface area contributed by atoms with Gasteiger partial charge in [0.1, 0.15) is 4.88 Å². The molecule has 3 nitrogen and oxygen atoms in total. The molecule has 0 bridgehead atoms. The van der Waals surface area contributed by atoms with Crippen LogP contribution in [0.1, 0.15) is 39.9 Å². The monoisotopic (exact) mass is 225 g/mol. The third-order valence-electron chi connectivity index (χ3n) is 2.67. The molecule has 0 aliphatic heterocycles. The van der Waals surface area contributed by atoms with Crippen LogP contribution < -0.4 is 5.73 Å². The second kappa shape index (κ2) is 4.23. The number of hydrogen-bond donors (Lipinski definition) is 1. The van der Waals surface area contributed by atoms with E-state index in [0.29, 0.717) is 17.2 Å². The van der Waals surface area contributed by atoms with Gasteiger partial charge in [-0.2, -0.15) is 0 Å². The van der Waals surface area contributed by atoms with E-state index in [1.54, 1.807) is 0 Å². The summed E-state index contributed by atoms with van der Waals surface area (Å²) in [5.41, 5.74) is 7.81. The summed E-state index contributed by atoms with van der Waals surface area (Å²) in [4.78, 5) is 13.5. The van der Waals surface area contributed by atoms with Crippen LogP contribution in [0.25, 0.3) is 0 Å². The molecule has 0 aromatic carbocycles. The first-order chi connectivity index (χ1) is 7.24. The van der Waals surface area contributed by atoms with Gasteiger partial charge in [0.25, 0.3) is 0 Å². The second-order valence-corrected chi connectivity index (χ2v) is 4.78. The molecule has 1 aromatic heterocycles. The molecule has 1 aliphatic rings. The van der Waals surface area contributed by atoms with Crippen molar-refractivity contribution in [1.29, 1.82) is 0 Å². The van der Waals surface area contributed by atoms with Gasteiger partial charge >= 0.3 is 5.97 Å². The first-order valence-corrected chi connectivity index (χ1v) is 6.12. The number of nitrogen functional groups attached to an aromatic ring is 1. The lowest BCUT2D eigenvalue weighted by Crippen LogP contribution is -2.06. The van der Waals surface area contributed by atoms with Gasteiger partial charge in [0, 0.05) is 4.88 Å². The predicted octanol–water partition coefficient (Wildman–Crippen LogP) is 2.39. The largest absolute Gasteiger partial charge is 0.462 e. The van der Waals surface area contributed by atoms with Crippen molar-refractivity contribution in [3.63, 3.8) is 0 Å². The van der Waals surface area contributed by atoms with E-state index in [4.69, 9.17) is 10.5 Å². The molecule has 0 spiro atoms. The lowest BCUT2D eigenvalue weighted by molar-refractivity contribution is 0.0533. The van der Waals surface area contributed by atoms with Crippen LogP contribution in [-0.4, -0.2) is 12.6 Å². The number of fused-ring (bicyclic) bond motifs is 1. The fourth-order valence-corrected chi connectivity index (χ4v) is 3.14. The number of carbonyl (C=O) groups excluding carboxylic acids is 1. The van der Waals surface area contributed by atoms with Gasteiger partial charge in [0.05, 0.1) is 12.3 Å². The van der Waals surface area contributed by atoms with Crippen LogP contribution in [0.5, 0.6) is 0 Å². The van der Waals surface area contributed by atoms with E-state index >= 15 is 0 Å². The van der Waals surface area contributed by atoms with Gasteiger partial charge in [0.15, 0.2) is 0 Å². The lowest BCUT2D eigenvalue weighted by Gasteiger charge is -2.10. The summed E-state index contributed by atoms with van der Waals surface area (Å²) in [7, 11) is 0. The number of anilines is 1. The molecule has 0 fully saturated rings. The minimum absolute atomic E-state index is 0.269. The van der Waals surface area contributed by atoms with Gasteiger partial charge in [-0.15, -0.1) is 11.3 Å². The predicted molar refractivity (Wildman–Crippen MR) is 61.3 cm³/mol. The standard InChI is InChI=1S/C11H15NO2S/c1-2-14-11(13)10-9(12)7-5-3-4-6-8(7)15-10/h2-6,12H2,1H3. The number of ether oxygens (including phenoxy) is 1. The minimum Gasteiger partial charge on any atom is -0.462 e. The highest BCUT2D eigenvalue weighted by atomic mass is 32.1. The Balaban J connectivity index is 2.32. The summed E-state index contributed by atoms with van der Waals surface area (Å²) < 4.78 is 4.98. The molecule has 82 valence electrons. The minimum atomic E-state index is -0.269. The van der Waals surface area contributed by atoms with E-state index in [9.17, 15) is 4.79 Å². The van der Waals surface area contributed by atoms with Gasteiger partial charge in [-0.05, 0) is 38.2 Å². The number of thiophene rings is 1. The number of nitrogens with two attached hydrogens (primary N) is 1. The van der Waals surface area contributed by atoms with Crippen molar-refractivity contribution < 1.29 is 9.53 Å². The topological polar surface area (TPSA) is 52.3 Å². The van der Waals surface area contributed by atoms with Crippen LogP contribution in [0, 0.1) is 0 Å². The summed E-state index contributed by atoms with van der Waals surface area (Å²) in [6, 6.07) is 0. The maximum atomic E-state index is 11.6. The van der Waals surface area contributed by atoms with Crippen LogP contribution in [0.4, 0.5) is 5.69 Å². The Morgan fingerprint density at radius 3 is 2.87 bits per heavy atom. The van der Waals surface area contributed by atoms with Gasteiger partial charge in [-0.25, -0.2) is 4.79 Å². The molecule has 2 N–H and O–H groups in total. The normalized spacial score (nSPS) is 14.7. The van der Waals surface area contributed by atoms with Crippen LogP contribution in [0.15, 0.2) is 0 Å². The van der Waals surface area contributed by atoms with E-state index in [1.165, 1.54) is 34.6 Å². The molecule has 0 unspecified atom stereocenters. The van der Waals surface area contributed by atoms with Crippen LogP contribution in [-0.2, 0) is 17.6 Å². The molecule has 15 heavy (non-hydrogen) atoms. The lowest BCUT2D eigenvalue weighted by atomic mass is 9.98. The Morgan fingerprint density at radius 1 is 1.47 bits per heavy atom. The molecule has 0 atom stereocenters. The highest BCUT2D eigenvalue weighted by molar-refractivity contribution is 7.14. The van der Waals surface area contributed by atoms with Gasteiger partial charge in [-0.3, -0.25) is 0 Å². The quantitative estimate of drug-likeness (QED) is 0.786. The number of esters is 1. The van der Waals surface area contributed by atoms with Crippen molar-refractivity contribution in [2.45, 2.75) is 32.6 Å². The van der Waals surface area contributed by atoms with E-state index in [1.807, 2.05) is 6.92 Å². The molecule has 1 aromatic rings. The molecule has 0 saturated heterocycles. The number of hydrogen-bond acceptors (Lipinski definition) is 4. The van der Waals surface area contributed by atoms with E-state index < -0.39 is 0 Å². The van der Waals surface area contributed by atoms with E-state index in [-0.39, 0.29) is 5.97 Å². The third-order valence-corrected chi connectivity index (χ3v) is 3.96. The zero-order valence-electron chi connectivity index (χ0n) is 8.84. The average Bonchev–Trinajstić information content (AvgIpc) is 2.57. The summed E-state index contributed by atoms with van der Waals surface area (Å²) in [5, 5.41) is 0. The fraction of sp³-hybridized carbons (Fsp3) is 0.545. The van der Waals surface area contributed by atoms with Gasteiger partial charge < -0.3 is 10.5 Å².